The van der Waals surface area contributed by atoms with E-state index in [-0.39, 0.29) is 5.60 Å². The Morgan fingerprint density at radius 2 is 2.29 bits per heavy atom. The van der Waals surface area contributed by atoms with Gasteiger partial charge in [0.1, 0.15) is 5.76 Å². The third kappa shape index (κ3) is 3.83. The maximum absolute atomic E-state index is 6.18. The molecule has 21 heavy (non-hydrogen) atoms. The van der Waals surface area contributed by atoms with Crippen LogP contribution in [0.2, 0.25) is 0 Å². The number of aryl methyl sites for hydroxylation is 1. The van der Waals surface area contributed by atoms with Gasteiger partial charge in [0.05, 0.1) is 11.9 Å². The summed E-state index contributed by atoms with van der Waals surface area (Å²) in [6.45, 7) is 0.883. The third-order valence-corrected chi connectivity index (χ3v) is 5.99. The first kappa shape index (κ1) is 15.4. The van der Waals surface area contributed by atoms with Crippen molar-refractivity contribution in [3.8, 4) is 0 Å². The van der Waals surface area contributed by atoms with Gasteiger partial charge in [0, 0.05) is 19.1 Å². The second kappa shape index (κ2) is 7.18. The van der Waals surface area contributed by atoms with E-state index in [1.807, 2.05) is 12.1 Å². The number of rotatable bonds is 5. The van der Waals surface area contributed by atoms with Crippen LogP contribution in [0, 0.1) is 5.92 Å². The molecule has 2 unspecified atom stereocenters. The molecule has 5 heteroatoms. The van der Waals surface area contributed by atoms with Gasteiger partial charge in [-0.05, 0) is 61.7 Å². The summed E-state index contributed by atoms with van der Waals surface area (Å²) in [6.07, 6.45) is 8.38. The normalized spacial score (nSPS) is 26.8. The number of furan rings is 1. The summed E-state index contributed by atoms with van der Waals surface area (Å²) >= 11 is 2.05. The zero-order valence-corrected chi connectivity index (χ0v) is 13.4. The maximum Gasteiger partial charge on any atom is 0.103 e. The summed E-state index contributed by atoms with van der Waals surface area (Å²) in [4.78, 5) is 0. The van der Waals surface area contributed by atoms with Crippen molar-refractivity contribution in [2.75, 3.05) is 18.1 Å². The molecular formula is C16H26N2O2S. The van der Waals surface area contributed by atoms with Crippen molar-refractivity contribution in [2.45, 2.75) is 50.2 Å². The van der Waals surface area contributed by atoms with Gasteiger partial charge in [-0.1, -0.05) is 0 Å². The van der Waals surface area contributed by atoms with Gasteiger partial charge in [0.25, 0.3) is 0 Å². The monoisotopic (exact) mass is 310 g/mol. The quantitative estimate of drug-likeness (QED) is 0.647. The average molecular weight is 310 g/mol. The molecule has 0 radical (unpaired) electrons. The van der Waals surface area contributed by atoms with E-state index >= 15 is 0 Å². The van der Waals surface area contributed by atoms with Crippen molar-refractivity contribution in [2.24, 2.45) is 11.8 Å². The van der Waals surface area contributed by atoms with E-state index in [0.29, 0.717) is 12.0 Å². The molecule has 1 aromatic heterocycles. The molecule has 2 aliphatic rings. The smallest absolute Gasteiger partial charge is 0.103 e. The van der Waals surface area contributed by atoms with Crippen molar-refractivity contribution in [1.82, 2.24) is 5.43 Å². The van der Waals surface area contributed by atoms with Gasteiger partial charge in [0.15, 0.2) is 0 Å². The van der Waals surface area contributed by atoms with Crippen LogP contribution < -0.4 is 11.3 Å². The summed E-state index contributed by atoms with van der Waals surface area (Å²) in [6, 6.07) is 4.34. The van der Waals surface area contributed by atoms with Crippen LogP contribution in [0.25, 0.3) is 0 Å². The fraction of sp³-hybridized carbons (Fsp3) is 0.750. The Balaban J connectivity index is 1.57. The lowest BCUT2D eigenvalue weighted by Gasteiger charge is -2.45. The van der Waals surface area contributed by atoms with Crippen LogP contribution in [-0.4, -0.2) is 29.8 Å². The average Bonchev–Trinajstić information content (AvgIpc) is 3.02. The number of thioether (sulfide) groups is 1. The van der Waals surface area contributed by atoms with Gasteiger partial charge < -0.3 is 9.15 Å². The summed E-state index contributed by atoms with van der Waals surface area (Å²) in [7, 11) is 0. The molecule has 2 atom stereocenters. The summed E-state index contributed by atoms with van der Waals surface area (Å²) in [5, 5.41) is 0. The van der Waals surface area contributed by atoms with E-state index in [1.54, 1.807) is 6.26 Å². The van der Waals surface area contributed by atoms with Crippen molar-refractivity contribution < 1.29 is 9.15 Å². The highest BCUT2D eigenvalue weighted by molar-refractivity contribution is 7.99. The number of nitrogens with one attached hydrogen (secondary N) is 1. The van der Waals surface area contributed by atoms with E-state index in [4.69, 9.17) is 15.0 Å². The molecule has 3 heterocycles. The topological polar surface area (TPSA) is 60.4 Å². The second-order valence-corrected chi connectivity index (χ2v) is 7.51. The van der Waals surface area contributed by atoms with Gasteiger partial charge in [-0.3, -0.25) is 11.3 Å². The first-order chi connectivity index (χ1) is 10.3. The van der Waals surface area contributed by atoms with Crippen LogP contribution in [0.3, 0.4) is 0 Å². The predicted molar refractivity (Wildman–Crippen MR) is 86.1 cm³/mol. The lowest BCUT2D eigenvalue weighted by molar-refractivity contribution is -0.107. The van der Waals surface area contributed by atoms with E-state index < -0.39 is 0 Å². The van der Waals surface area contributed by atoms with E-state index in [0.717, 1.165) is 38.1 Å². The minimum absolute atomic E-state index is 0.133. The minimum Gasteiger partial charge on any atom is -0.469 e. The lowest BCUT2D eigenvalue weighted by atomic mass is 9.77. The number of hydrazine groups is 1. The fourth-order valence-electron chi connectivity index (χ4n) is 3.71. The standard InChI is InChI=1S/C16H26N2O2S/c17-18-15(4-3-14-2-1-8-19-14)13-5-9-20-16(12-13)6-10-21-11-7-16/h1-2,8,13,15,18H,3-7,9-12,17H2. The largest absolute Gasteiger partial charge is 0.469 e. The van der Waals surface area contributed by atoms with Gasteiger partial charge in [-0.2, -0.15) is 11.8 Å². The maximum atomic E-state index is 6.18. The SMILES string of the molecule is NNC(CCc1ccco1)C1CCOC2(CCSCC2)C1. The molecule has 4 nitrogen and oxygen atoms in total. The number of hydrogen-bond acceptors (Lipinski definition) is 5. The van der Waals surface area contributed by atoms with Gasteiger partial charge in [0.2, 0.25) is 0 Å². The highest BCUT2D eigenvalue weighted by Gasteiger charge is 2.40. The first-order valence-electron chi connectivity index (χ1n) is 8.01. The Morgan fingerprint density at radius 1 is 1.43 bits per heavy atom. The molecule has 0 aromatic carbocycles. The van der Waals surface area contributed by atoms with Gasteiger partial charge in [-0.25, -0.2) is 0 Å². The summed E-state index contributed by atoms with van der Waals surface area (Å²) in [5.41, 5.74) is 3.19. The summed E-state index contributed by atoms with van der Waals surface area (Å²) in [5.74, 6) is 9.97. The highest BCUT2D eigenvalue weighted by Crippen LogP contribution is 2.41. The summed E-state index contributed by atoms with van der Waals surface area (Å²) < 4.78 is 11.6. The van der Waals surface area contributed by atoms with Gasteiger partial charge in [-0.15, -0.1) is 0 Å². The number of hydrogen-bond donors (Lipinski definition) is 2. The molecule has 0 bridgehead atoms. The molecule has 3 rings (SSSR count). The van der Waals surface area contributed by atoms with Crippen molar-refractivity contribution in [3.63, 3.8) is 0 Å². The molecule has 2 fully saturated rings. The Labute approximate surface area is 131 Å². The lowest BCUT2D eigenvalue weighted by Crippen LogP contribution is -2.50. The van der Waals surface area contributed by atoms with E-state index in [9.17, 15) is 0 Å². The Bertz CT molecular complexity index is 412. The predicted octanol–water partition coefficient (Wildman–Crippen LogP) is 2.74. The molecule has 0 saturated carbocycles. The van der Waals surface area contributed by atoms with Crippen molar-refractivity contribution in [3.05, 3.63) is 24.2 Å². The zero-order valence-electron chi connectivity index (χ0n) is 12.6. The van der Waals surface area contributed by atoms with Crippen LogP contribution >= 0.6 is 11.8 Å². The highest BCUT2D eigenvalue weighted by atomic mass is 32.2. The Morgan fingerprint density at radius 3 is 3.00 bits per heavy atom. The second-order valence-electron chi connectivity index (χ2n) is 6.29. The van der Waals surface area contributed by atoms with E-state index in [2.05, 4.69) is 17.2 Å². The van der Waals surface area contributed by atoms with Crippen LogP contribution in [-0.2, 0) is 11.2 Å². The molecule has 0 amide bonds. The zero-order chi connectivity index (χ0) is 14.5. The molecular weight excluding hydrogens is 284 g/mol. The number of nitrogens with two attached hydrogens (primary N) is 1. The van der Waals surface area contributed by atoms with Crippen LogP contribution in [0.15, 0.2) is 22.8 Å². The van der Waals surface area contributed by atoms with Gasteiger partial charge >= 0.3 is 0 Å². The molecule has 2 saturated heterocycles. The molecule has 0 aliphatic carbocycles. The van der Waals surface area contributed by atoms with Crippen LogP contribution in [0.4, 0.5) is 0 Å². The van der Waals surface area contributed by atoms with Crippen LogP contribution in [0.5, 0.6) is 0 Å². The number of ether oxygens (including phenoxy) is 1. The molecule has 1 aromatic rings. The van der Waals surface area contributed by atoms with Crippen molar-refractivity contribution >= 4 is 11.8 Å². The fourth-order valence-corrected chi connectivity index (χ4v) is 4.95. The minimum atomic E-state index is 0.133. The Kier molecular flexibility index (Phi) is 5.27. The molecule has 1 spiro atoms. The first-order valence-corrected chi connectivity index (χ1v) is 9.17. The molecule has 3 N–H and O–H groups in total. The van der Waals surface area contributed by atoms with Crippen LogP contribution in [0.1, 0.15) is 37.9 Å². The molecule has 2 aliphatic heterocycles. The third-order valence-electron chi connectivity index (χ3n) is 5.00. The van der Waals surface area contributed by atoms with E-state index in [1.165, 1.54) is 24.3 Å². The van der Waals surface area contributed by atoms with Crippen molar-refractivity contribution in [1.29, 1.82) is 0 Å². The Hall–Kier alpha value is -0.490. The molecule has 118 valence electrons.